The number of hydrogen-bond acceptors (Lipinski definition) is 4. The molecule has 0 aromatic heterocycles. The van der Waals surface area contributed by atoms with Gasteiger partial charge in [0.05, 0.1) is 13.2 Å². The number of rotatable bonds is 9. The molecule has 0 saturated heterocycles. The Hall–Kier alpha value is -0.710. The molecule has 23 heavy (non-hydrogen) atoms. The van der Waals surface area contributed by atoms with Gasteiger partial charge in [0, 0.05) is 18.6 Å². The van der Waals surface area contributed by atoms with Crippen molar-refractivity contribution < 1.29 is 13.6 Å². The Balaban J connectivity index is 1.95. The lowest BCUT2D eigenvalue weighted by molar-refractivity contribution is 0.195. The summed E-state index contributed by atoms with van der Waals surface area (Å²) in [4.78, 5) is 0. The first-order valence-electron chi connectivity index (χ1n) is 8.61. The molecule has 0 amide bonds. The quantitative estimate of drug-likeness (QED) is 0.669. The molecule has 1 aliphatic rings. The molecular weight excluding hydrogens is 311 g/mol. The number of nitrogens with one attached hydrogen (secondary N) is 2. The molecule has 2 atom stereocenters. The van der Waals surface area contributed by atoms with Crippen molar-refractivity contribution in [1.82, 2.24) is 10.4 Å². The van der Waals surface area contributed by atoms with Gasteiger partial charge in [0.25, 0.3) is 0 Å². The Bertz CT molecular complexity index is 488. The van der Waals surface area contributed by atoms with Gasteiger partial charge in [-0.2, -0.15) is 0 Å². The Kier molecular flexibility index (Phi) is 7.74. The molecule has 130 valence electrons. The van der Waals surface area contributed by atoms with Crippen LogP contribution in [0.15, 0.2) is 30.3 Å². The Morgan fingerprint density at radius 1 is 1.04 bits per heavy atom. The van der Waals surface area contributed by atoms with Gasteiger partial charge in [-0.15, -0.1) is 0 Å². The highest BCUT2D eigenvalue weighted by atomic mass is 31.2. The summed E-state index contributed by atoms with van der Waals surface area (Å²) in [5.41, 5.74) is 1.26. The van der Waals surface area contributed by atoms with E-state index in [1.807, 2.05) is 32.0 Å². The summed E-state index contributed by atoms with van der Waals surface area (Å²) in [6, 6.07) is 10.7. The summed E-state index contributed by atoms with van der Waals surface area (Å²) in [6.07, 6.45) is 4.39. The van der Waals surface area contributed by atoms with Crippen molar-refractivity contribution in [3.05, 3.63) is 35.9 Å². The molecule has 1 saturated carbocycles. The van der Waals surface area contributed by atoms with Gasteiger partial charge in [0.1, 0.15) is 0 Å². The van der Waals surface area contributed by atoms with Gasteiger partial charge in [-0.25, -0.2) is 9.65 Å². The molecule has 0 spiro atoms. The van der Waals surface area contributed by atoms with Crippen LogP contribution in [0.3, 0.4) is 0 Å². The second-order valence-electron chi connectivity index (χ2n) is 5.83. The van der Waals surface area contributed by atoms with Crippen molar-refractivity contribution in [2.24, 2.45) is 0 Å². The first-order valence-corrected chi connectivity index (χ1v) is 10.2. The molecule has 0 radical (unpaired) electrons. The zero-order valence-electron chi connectivity index (χ0n) is 14.2. The lowest BCUT2D eigenvalue weighted by Gasteiger charge is -2.35. The Morgan fingerprint density at radius 2 is 1.65 bits per heavy atom. The van der Waals surface area contributed by atoms with E-state index in [2.05, 4.69) is 22.5 Å². The fraction of sp³-hybridized carbons (Fsp3) is 0.647. The zero-order chi connectivity index (χ0) is 16.5. The molecular formula is C17H29N2O3P. The summed E-state index contributed by atoms with van der Waals surface area (Å²) in [5.74, 6) is 0. The molecule has 6 heteroatoms. The molecule has 2 N–H and O–H groups in total. The van der Waals surface area contributed by atoms with Crippen molar-refractivity contribution in [1.29, 1.82) is 0 Å². The van der Waals surface area contributed by atoms with Crippen LogP contribution in [-0.2, 0) is 20.2 Å². The fourth-order valence-corrected chi connectivity index (χ4v) is 4.65. The third-order valence-corrected chi connectivity index (χ3v) is 5.94. The van der Waals surface area contributed by atoms with Crippen molar-refractivity contribution in [2.45, 2.75) is 58.2 Å². The van der Waals surface area contributed by atoms with Crippen LogP contribution in [0.25, 0.3) is 0 Å². The van der Waals surface area contributed by atoms with Crippen LogP contribution in [0.2, 0.25) is 0 Å². The third kappa shape index (κ3) is 6.02. The van der Waals surface area contributed by atoms with E-state index in [1.54, 1.807) is 0 Å². The van der Waals surface area contributed by atoms with Crippen LogP contribution in [0.1, 0.15) is 45.1 Å². The predicted octanol–water partition coefficient (Wildman–Crippen LogP) is 3.86. The van der Waals surface area contributed by atoms with Gasteiger partial charge < -0.3 is 5.32 Å². The van der Waals surface area contributed by atoms with E-state index in [9.17, 15) is 4.57 Å². The van der Waals surface area contributed by atoms with E-state index < -0.39 is 7.75 Å². The normalized spacial score (nSPS) is 22.2. The second-order valence-corrected chi connectivity index (χ2v) is 7.60. The van der Waals surface area contributed by atoms with Gasteiger partial charge in [-0.1, -0.05) is 43.2 Å². The first kappa shape index (κ1) is 18.6. The van der Waals surface area contributed by atoms with E-state index in [4.69, 9.17) is 9.05 Å². The monoisotopic (exact) mass is 340 g/mol. The maximum Gasteiger partial charge on any atom is 0.405 e. The minimum Gasteiger partial charge on any atom is -0.308 e. The van der Waals surface area contributed by atoms with Crippen LogP contribution in [0.4, 0.5) is 0 Å². The maximum absolute atomic E-state index is 12.7. The lowest BCUT2D eigenvalue weighted by Crippen LogP contribution is -2.48. The van der Waals surface area contributed by atoms with Crippen molar-refractivity contribution in [3.8, 4) is 0 Å². The average molecular weight is 340 g/mol. The minimum atomic E-state index is -3.21. The minimum absolute atomic E-state index is 0.108. The van der Waals surface area contributed by atoms with Gasteiger partial charge in [0.15, 0.2) is 0 Å². The molecule has 1 aliphatic carbocycles. The van der Waals surface area contributed by atoms with E-state index in [0.29, 0.717) is 13.2 Å². The Labute approximate surface area is 139 Å². The summed E-state index contributed by atoms with van der Waals surface area (Å²) in [5, 5.41) is 6.77. The van der Waals surface area contributed by atoms with Gasteiger partial charge in [0.2, 0.25) is 0 Å². The fourth-order valence-electron chi connectivity index (χ4n) is 3.03. The molecule has 2 unspecified atom stereocenters. The average Bonchev–Trinajstić information content (AvgIpc) is 2.55. The smallest absolute Gasteiger partial charge is 0.308 e. The SMILES string of the molecule is CCOP(=O)(NC1CCCCC1NCc1ccccc1)OCC. The van der Waals surface area contributed by atoms with Crippen LogP contribution in [0, 0.1) is 0 Å². The van der Waals surface area contributed by atoms with Gasteiger partial charge in [-0.05, 0) is 32.3 Å². The highest BCUT2D eigenvalue weighted by Gasteiger charge is 2.33. The van der Waals surface area contributed by atoms with Gasteiger partial charge >= 0.3 is 7.75 Å². The summed E-state index contributed by atoms with van der Waals surface area (Å²) in [7, 11) is -3.21. The molecule has 0 bridgehead atoms. The molecule has 0 heterocycles. The largest absolute Gasteiger partial charge is 0.405 e. The molecule has 2 rings (SSSR count). The molecule has 0 aliphatic heterocycles. The molecule has 5 nitrogen and oxygen atoms in total. The zero-order valence-corrected chi connectivity index (χ0v) is 15.1. The molecule has 1 aromatic carbocycles. The summed E-state index contributed by atoms with van der Waals surface area (Å²) >= 11 is 0. The summed E-state index contributed by atoms with van der Waals surface area (Å²) in [6.45, 7) is 5.23. The predicted molar refractivity (Wildman–Crippen MR) is 93.3 cm³/mol. The second kappa shape index (κ2) is 9.55. The Morgan fingerprint density at radius 3 is 2.26 bits per heavy atom. The van der Waals surface area contributed by atoms with Crippen LogP contribution in [-0.4, -0.2) is 25.3 Å². The third-order valence-electron chi connectivity index (χ3n) is 4.10. The van der Waals surface area contributed by atoms with E-state index in [1.165, 1.54) is 12.0 Å². The lowest BCUT2D eigenvalue weighted by atomic mass is 9.91. The number of benzene rings is 1. The molecule has 1 aromatic rings. The van der Waals surface area contributed by atoms with Crippen molar-refractivity contribution in [3.63, 3.8) is 0 Å². The van der Waals surface area contributed by atoms with Crippen LogP contribution < -0.4 is 10.4 Å². The van der Waals surface area contributed by atoms with E-state index in [-0.39, 0.29) is 12.1 Å². The van der Waals surface area contributed by atoms with Crippen LogP contribution in [0.5, 0.6) is 0 Å². The maximum atomic E-state index is 12.7. The van der Waals surface area contributed by atoms with E-state index >= 15 is 0 Å². The van der Waals surface area contributed by atoms with Gasteiger partial charge in [-0.3, -0.25) is 9.05 Å². The highest BCUT2D eigenvalue weighted by Crippen LogP contribution is 2.45. The first-order chi connectivity index (χ1) is 11.2. The van der Waals surface area contributed by atoms with E-state index in [0.717, 1.165) is 25.8 Å². The van der Waals surface area contributed by atoms with Crippen molar-refractivity contribution >= 4 is 7.75 Å². The topological polar surface area (TPSA) is 59.6 Å². The standard InChI is InChI=1S/C17H29N2O3P/c1-3-21-23(20,22-4-2)19-17-13-9-8-12-16(17)18-14-15-10-6-5-7-11-15/h5-7,10-11,16-18H,3-4,8-9,12-14H2,1-2H3,(H,19,20). The summed E-state index contributed by atoms with van der Waals surface area (Å²) < 4.78 is 23.5. The van der Waals surface area contributed by atoms with Crippen molar-refractivity contribution in [2.75, 3.05) is 13.2 Å². The highest BCUT2D eigenvalue weighted by molar-refractivity contribution is 7.51. The molecule has 1 fully saturated rings. The number of hydrogen-bond donors (Lipinski definition) is 2. The van der Waals surface area contributed by atoms with Crippen LogP contribution >= 0.6 is 7.75 Å².